The highest BCUT2D eigenvalue weighted by atomic mass is 19.1. The Morgan fingerprint density at radius 2 is 2.14 bits per heavy atom. The van der Waals surface area contributed by atoms with E-state index < -0.39 is 12.0 Å². The number of hydrogen-bond acceptors (Lipinski definition) is 3. The van der Waals surface area contributed by atoms with Gasteiger partial charge < -0.3 is 5.32 Å². The van der Waals surface area contributed by atoms with Crippen LogP contribution >= 0.6 is 0 Å². The van der Waals surface area contributed by atoms with Gasteiger partial charge >= 0.3 is 0 Å². The molecule has 2 heterocycles. The van der Waals surface area contributed by atoms with Gasteiger partial charge in [0.2, 0.25) is 5.95 Å². The van der Waals surface area contributed by atoms with E-state index in [9.17, 15) is 8.78 Å². The van der Waals surface area contributed by atoms with Gasteiger partial charge in [0.15, 0.2) is 0 Å². The fourth-order valence-corrected chi connectivity index (χ4v) is 2.39. The molecular weight excluding hydrogens is 286 g/mol. The van der Waals surface area contributed by atoms with Crippen LogP contribution in [0.4, 0.5) is 14.7 Å². The smallest absolute Gasteiger partial charge is 0.208 e. The second kappa shape index (κ2) is 5.71. The molecule has 4 nitrogen and oxygen atoms in total. The summed E-state index contributed by atoms with van der Waals surface area (Å²) in [6, 6.07) is 6.54. The summed E-state index contributed by atoms with van der Waals surface area (Å²) in [6.45, 7) is 3.43. The molecule has 22 heavy (non-hydrogen) atoms. The van der Waals surface area contributed by atoms with Gasteiger partial charge in [-0.25, -0.2) is 18.7 Å². The standard InChI is InChI=1S/C16H16F2N4/c1-10-9-22-14(21-10)6-7-19-16(22)20-8-12-4-3-5-13(11(2)17)15(12)18/h3-7,9,11H,8H2,1-2H3,(H,19,20). The fraction of sp³-hybridized carbons (Fsp3) is 0.250. The van der Waals surface area contributed by atoms with Crippen molar-refractivity contribution in [2.24, 2.45) is 0 Å². The molecular formula is C16H16F2N4. The first-order valence-corrected chi connectivity index (χ1v) is 7.02. The van der Waals surface area contributed by atoms with Crippen molar-refractivity contribution in [1.29, 1.82) is 0 Å². The summed E-state index contributed by atoms with van der Waals surface area (Å²) < 4.78 is 29.4. The third-order valence-corrected chi connectivity index (χ3v) is 3.48. The van der Waals surface area contributed by atoms with E-state index in [0.717, 1.165) is 11.3 Å². The zero-order chi connectivity index (χ0) is 15.7. The van der Waals surface area contributed by atoms with Gasteiger partial charge in [-0.2, -0.15) is 0 Å². The lowest BCUT2D eigenvalue weighted by molar-refractivity contribution is 0.360. The molecule has 0 fully saturated rings. The molecule has 1 aromatic carbocycles. The maximum atomic E-state index is 14.2. The second-order valence-electron chi connectivity index (χ2n) is 5.17. The Morgan fingerprint density at radius 3 is 2.91 bits per heavy atom. The van der Waals surface area contributed by atoms with Crippen LogP contribution in [0.15, 0.2) is 36.7 Å². The first-order chi connectivity index (χ1) is 10.6. The Balaban J connectivity index is 1.87. The molecule has 0 aliphatic carbocycles. The van der Waals surface area contributed by atoms with Crippen LogP contribution in [0, 0.1) is 12.7 Å². The Morgan fingerprint density at radius 1 is 1.32 bits per heavy atom. The monoisotopic (exact) mass is 302 g/mol. The van der Waals surface area contributed by atoms with E-state index in [1.807, 2.05) is 13.1 Å². The van der Waals surface area contributed by atoms with E-state index >= 15 is 0 Å². The van der Waals surface area contributed by atoms with Crippen LogP contribution in [0.3, 0.4) is 0 Å². The predicted molar refractivity (Wildman–Crippen MR) is 81.0 cm³/mol. The highest BCUT2D eigenvalue weighted by Crippen LogP contribution is 2.23. The average molecular weight is 302 g/mol. The zero-order valence-corrected chi connectivity index (χ0v) is 12.3. The molecule has 3 rings (SSSR count). The summed E-state index contributed by atoms with van der Waals surface area (Å²) >= 11 is 0. The topological polar surface area (TPSA) is 42.2 Å². The second-order valence-corrected chi connectivity index (χ2v) is 5.17. The lowest BCUT2D eigenvalue weighted by Gasteiger charge is -2.11. The van der Waals surface area contributed by atoms with E-state index in [1.54, 1.807) is 28.8 Å². The Hall–Kier alpha value is -2.50. The maximum absolute atomic E-state index is 14.2. The van der Waals surface area contributed by atoms with Crippen LogP contribution < -0.4 is 5.32 Å². The van der Waals surface area contributed by atoms with Crippen molar-refractivity contribution in [2.45, 2.75) is 26.6 Å². The minimum atomic E-state index is -1.34. The van der Waals surface area contributed by atoms with E-state index in [0.29, 0.717) is 11.5 Å². The molecule has 0 aliphatic heterocycles. The molecule has 0 saturated carbocycles. The molecule has 0 amide bonds. The Kier molecular flexibility index (Phi) is 3.75. The van der Waals surface area contributed by atoms with Gasteiger partial charge in [-0.1, -0.05) is 18.2 Å². The summed E-state index contributed by atoms with van der Waals surface area (Å²) in [5, 5.41) is 3.07. The number of hydrogen-bond donors (Lipinski definition) is 1. The number of fused-ring (bicyclic) bond motifs is 1. The van der Waals surface area contributed by atoms with Gasteiger partial charge in [-0.15, -0.1) is 0 Å². The van der Waals surface area contributed by atoms with Crippen molar-refractivity contribution in [3.63, 3.8) is 0 Å². The molecule has 1 atom stereocenters. The number of halogens is 2. The van der Waals surface area contributed by atoms with E-state index in [-0.39, 0.29) is 12.1 Å². The van der Waals surface area contributed by atoms with Crippen LogP contribution in [0.5, 0.6) is 0 Å². The minimum Gasteiger partial charge on any atom is -0.351 e. The normalized spacial score (nSPS) is 12.5. The number of imidazole rings is 1. The molecule has 1 unspecified atom stereocenters. The van der Waals surface area contributed by atoms with E-state index in [1.165, 1.54) is 13.0 Å². The third kappa shape index (κ3) is 2.64. The van der Waals surface area contributed by atoms with E-state index in [2.05, 4.69) is 15.3 Å². The van der Waals surface area contributed by atoms with Crippen molar-refractivity contribution < 1.29 is 8.78 Å². The Bertz CT molecular complexity index is 811. The largest absolute Gasteiger partial charge is 0.351 e. The van der Waals surface area contributed by atoms with Crippen molar-refractivity contribution >= 4 is 11.6 Å². The summed E-state index contributed by atoms with van der Waals surface area (Å²) in [7, 11) is 0. The summed E-state index contributed by atoms with van der Waals surface area (Å²) in [6.07, 6.45) is 2.15. The molecule has 0 saturated heterocycles. The number of alkyl halides is 1. The number of aryl methyl sites for hydroxylation is 1. The highest BCUT2D eigenvalue weighted by Gasteiger charge is 2.13. The van der Waals surface area contributed by atoms with Crippen LogP contribution in [0.25, 0.3) is 5.65 Å². The number of benzene rings is 1. The van der Waals surface area contributed by atoms with Crippen LogP contribution in [0.2, 0.25) is 0 Å². The summed E-state index contributed by atoms with van der Waals surface area (Å²) in [5.74, 6) is 0.0511. The molecule has 0 aliphatic rings. The van der Waals surface area contributed by atoms with Gasteiger partial charge in [0, 0.05) is 30.1 Å². The van der Waals surface area contributed by atoms with Crippen molar-refractivity contribution in [1.82, 2.24) is 14.4 Å². The molecule has 3 aromatic rings. The van der Waals surface area contributed by atoms with Crippen molar-refractivity contribution in [3.05, 3.63) is 59.3 Å². The van der Waals surface area contributed by atoms with E-state index in [4.69, 9.17) is 0 Å². The summed E-state index contributed by atoms with van der Waals surface area (Å²) in [4.78, 5) is 8.58. The first kappa shape index (κ1) is 14.4. The fourth-order valence-electron chi connectivity index (χ4n) is 2.39. The van der Waals surface area contributed by atoms with Gasteiger partial charge in [0.25, 0.3) is 0 Å². The highest BCUT2D eigenvalue weighted by molar-refractivity contribution is 5.46. The van der Waals surface area contributed by atoms with Crippen molar-refractivity contribution in [2.75, 3.05) is 5.32 Å². The third-order valence-electron chi connectivity index (χ3n) is 3.48. The summed E-state index contributed by atoms with van der Waals surface area (Å²) in [5.41, 5.74) is 2.11. The van der Waals surface area contributed by atoms with Gasteiger partial charge in [-0.05, 0) is 19.9 Å². The Labute approximate surface area is 126 Å². The lowest BCUT2D eigenvalue weighted by atomic mass is 10.1. The van der Waals surface area contributed by atoms with Gasteiger partial charge in [-0.3, -0.25) is 4.40 Å². The quantitative estimate of drug-likeness (QED) is 0.796. The van der Waals surface area contributed by atoms with Gasteiger partial charge in [0.1, 0.15) is 17.6 Å². The molecule has 2 aromatic heterocycles. The first-order valence-electron chi connectivity index (χ1n) is 7.02. The number of rotatable bonds is 4. The predicted octanol–water partition coefficient (Wildman–Crippen LogP) is 3.82. The molecule has 6 heteroatoms. The van der Waals surface area contributed by atoms with Crippen LogP contribution in [0.1, 0.15) is 29.9 Å². The number of aromatic nitrogens is 3. The number of nitrogens with one attached hydrogen (secondary N) is 1. The molecule has 114 valence electrons. The molecule has 1 N–H and O–H groups in total. The average Bonchev–Trinajstić information content (AvgIpc) is 2.86. The number of anilines is 1. The maximum Gasteiger partial charge on any atom is 0.208 e. The zero-order valence-electron chi connectivity index (χ0n) is 12.3. The van der Waals surface area contributed by atoms with Crippen molar-refractivity contribution in [3.8, 4) is 0 Å². The molecule has 0 spiro atoms. The molecule has 0 bridgehead atoms. The SMILES string of the molecule is Cc1cn2c(NCc3cccc(C(C)F)c3F)nccc2n1. The van der Waals surface area contributed by atoms with Crippen LogP contribution in [-0.2, 0) is 6.54 Å². The minimum absolute atomic E-state index is 0.0731. The van der Waals surface area contributed by atoms with Crippen LogP contribution in [-0.4, -0.2) is 14.4 Å². The lowest BCUT2D eigenvalue weighted by Crippen LogP contribution is -2.08. The molecule has 0 radical (unpaired) electrons. The number of nitrogens with zero attached hydrogens (tertiary/aromatic N) is 3. The van der Waals surface area contributed by atoms with Gasteiger partial charge in [0.05, 0.1) is 5.69 Å².